The van der Waals surface area contributed by atoms with E-state index in [9.17, 15) is 9.90 Å². The van der Waals surface area contributed by atoms with Crippen LogP contribution in [0.25, 0.3) is 0 Å². The molecule has 0 unspecified atom stereocenters. The number of pyridine rings is 1. The van der Waals surface area contributed by atoms with Gasteiger partial charge in [-0.1, -0.05) is 64.7 Å². The molecule has 172 valence electrons. The summed E-state index contributed by atoms with van der Waals surface area (Å²) in [4.78, 5) is 18.4. The Hall–Kier alpha value is -1.62. The van der Waals surface area contributed by atoms with Gasteiger partial charge in [0.15, 0.2) is 18.9 Å². The second-order valence-corrected chi connectivity index (χ2v) is 7.70. The minimum Gasteiger partial charge on any atom is -0.858 e. The summed E-state index contributed by atoms with van der Waals surface area (Å²) in [6, 6.07) is 3.61. The molecule has 0 aliphatic heterocycles. The molecule has 1 heterocycles. The fraction of sp³-hybridized carbons (Fsp3) is 0.708. The van der Waals surface area contributed by atoms with Gasteiger partial charge in [-0.2, -0.15) is 4.57 Å². The minimum absolute atomic E-state index is 0. The highest BCUT2D eigenvalue weighted by atomic mass is 35.5. The van der Waals surface area contributed by atoms with E-state index in [1.54, 1.807) is 21.7 Å². The molecule has 0 radical (unpaired) electrons. The molecule has 0 bridgehead atoms. The van der Waals surface area contributed by atoms with Crippen LogP contribution in [0.5, 0.6) is 0 Å². The van der Waals surface area contributed by atoms with Gasteiger partial charge < -0.3 is 10.0 Å². The molecule has 0 saturated heterocycles. The van der Waals surface area contributed by atoms with Gasteiger partial charge in [0.1, 0.15) is 5.56 Å². The van der Waals surface area contributed by atoms with Gasteiger partial charge in [-0.15, -0.1) is 12.4 Å². The molecule has 1 aromatic heterocycles. The monoisotopic (exact) mass is 439 g/mol. The number of unbranched alkanes of at least 4 members (excludes halogenated alkanes) is 9. The molecule has 0 aromatic carbocycles. The molecule has 6 heteroatoms. The molecular weight excluding hydrogens is 398 g/mol. The summed E-state index contributed by atoms with van der Waals surface area (Å²) in [6.45, 7) is 8.34. The Labute approximate surface area is 190 Å². The van der Waals surface area contributed by atoms with E-state index in [2.05, 4.69) is 11.9 Å². The van der Waals surface area contributed by atoms with Crippen LogP contribution in [0.3, 0.4) is 0 Å². The Kier molecular flexibility index (Phi) is 17.2. The predicted molar refractivity (Wildman–Crippen MR) is 125 cm³/mol. The summed E-state index contributed by atoms with van der Waals surface area (Å²) >= 11 is 0. The lowest BCUT2D eigenvalue weighted by atomic mass is 10.1. The van der Waals surface area contributed by atoms with E-state index in [4.69, 9.17) is 0 Å². The van der Waals surface area contributed by atoms with Crippen molar-refractivity contribution in [3.63, 3.8) is 0 Å². The van der Waals surface area contributed by atoms with Crippen LogP contribution in [-0.2, 0) is 6.54 Å². The Balaban J connectivity index is 0.00000841. The lowest BCUT2D eigenvalue weighted by Gasteiger charge is -2.17. The lowest BCUT2D eigenvalue weighted by Crippen LogP contribution is -2.43. The van der Waals surface area contributed by atoms with Crippen molar-refractivity contribution < 1.29 is 14.5 Å². The number of nitrogens with zero attached hydrogens (tertiary/aromatic N) is 3. The molecule has 5 nitrogen and oxygen atoms in total. The van der Waals surface area contributed by atoms with Gasteiger partial charge in [-0.3, -0.25) is 9.79 Å². The van der Waals surface area contributed by atoms with Crippen LogP contribution in [0.1, 0.15) is 95.3 Å². The highest BCUT2D eigenvalue weighted by Gasteiger charge is 2.15. The smallest absolute Gasteiger partial charge is 0.259 e. The van der Waals surface area contributed by atoms with Crippen molar-refractivity contribution in [2.24, 2.45) is 4.99 Å². The zero-order valence-electron chi connectivity index (χ0n) is 19.3. The number of aliphatic imine (C=N–C) groups is 1. The van der Waals surface area contributed by atoms with E-state index in [0.717, 1.165) is 12.8 Å². The van der Waals surface area contributed by atoms with E-state index < -0.39 is 0 Å². The average Bonchev–Trinajstić information content (AvgIpc) is 2.73. The number of aromatic nitrogens is 1. The van der Waals surface area contributed by atoms with Gasteiger partial charge in [0.25, 0.3) is 5.91 Å². The van der Waals surface area contributed by atoms with Gasteiger partial charge in [0.05, 0.1) is 0 Å². The number of halogens is 1. The van der Waals surface area contributed by atoms with E-state index in [0.29, 0.717) is 25.2 Å². The van der Waals surface area contributed by atoms with Gasteiger partial charge in [-0.25, -0.2) is 0 Å². The first-order valence-electron chi connectivity index (χ1n) is 11.6. The summed E-state index contributed by atoms with van der Waals surface area (Å²) in [5, 5.41) is 12.1. The first-order chi connectivity index (χ1) is 14.1. The zero-order valence-corrected chi connectivity index (χ0v) is 20.1. The van der Waals surface area contributed by atoms with Crippen LogP contribution >= 0.6 is 12.4 Å². The molecule has 0 fully saturated rings. The molecular formula is C24H42ClN3O2. The number of amides is 1. The Morgan fingerprint density at radius 2 is 1.53 bits per heavy atom. The maximum absolute atomic E-state index is 12.4. The first-order valence-corrected chi connectivity index (χ1v) is 11.6. The summed E-state index contributed by atoms with van der Waals surface area (Å²) in [7, 11) is 0. The number of hydrogen-bond donors (Lipinski definition) is 0. The number of carbonyl (C=O) groups excluding carboxylic acids is 1. The van der Waals surface area contributed by atoms with Crippen LogP contribution in [0.4, 0.5) is 0 Å². The lowest BCUT2D eigenvalue weighted by molar-refractivity contribution is -0.687. The zero-order chi connectivity index (χ0) is 21.3. The van der Waals surface area contributed by atoms with Crippen LogP contribution < -0.4 is 9.67 Å². The van der Waals surface area contributed by atoms with Crippen molar-refractivity contribution in [3.05, 3.63) is 30.1 Å². The highest BCUT2D eigenvalue weighted by molar-refractivity contribution is 5.93. The van der Waals surface area contributed by atoms with Gasteiger partial charge in [0, 0.05) is 31.6 Å². The summed E-state index contributed by atoms with van der Waals surface area (Å²) in [5.74, 6) is -0.127. The van der Waals surface area contributed by atoms with E-state index in [1.165, 1.54) is 51.4 Å². The van der Waals surface area contributed by atoms with E-state index in [1.807, 2.05) is 26.1 Å². The van der Waals surface area contributed by atoms with Crippen LogP contribution in [-0.4, -0.2) is 36.3 Å². The van der Waals surface area contributed by atoms with Crippen molar-refractivity contribution in [1.82, 2.24) is 4.90 Å². The van der Waals surface area contributed by atoms with Crippen molar-refractivity contribution in [3.8, 4) is 0 Å². The Morgan fingerprint density at radius 3 is 2.10 bits per heavy atom. The largest absolute Gasteiger partial charge is 0.858 e. The normalized spacial score (nSPS) is 11.2. The number of rotatable bonds is 16. The quantitative estimate of drug-likeness (QED) is 0.164. The molecule has 1 amide bonds. The SMILES string of the molecule is CCCCCCCCCCCCN=C([O-])C[n+]1cccc(C(=O)N(CC)CC)c1.Cl. The second-order valence-electron chi connectivity index (χ2n) is 7.70. The van der Waals surface area contributed by atoms with Crippen molar-refractivity contribution >= 4 is 24.2 Å². The standard InChI is InChI=1S/C24H41N3O2.ClH/c1-4-7-8-9-10-11-12-13-14-15-18-25-23(28)21-26-19-16-17-22(20-26)24(29)27(5-2)6-3;/h16-17,19-20H,4-15,18,21H2,1-3H3;1H. The van der Waals surface area contributed by atoms with Gasteiger partial charge in [0.2, 0.25) is 0 Å². The molecule has 1 aromatic rings. The fourth-order valence-corrected chi connectivity index (χ4v) is 3.45. The van der Waals surface area contributed by atoms with Crippen LogP contribution in [0.2, 0.25) is 0 Å². The van der Waals surface area contributed by atoms with Crippen LogP contribution in [0, 0.1) is 0 Å². The molecule has 1 rings (SSSR count). The van der Waals surface area contributed by atoms with Crippen molar-refractivity contribution in [1.29, 1.82) is 0 Å². The molecule has 30 heavy (non-hydrogen) atoms. The summed E-state index contributed by atoms with van der Waals surface area (Å²) in [5.41, 5.74) is 0.610. The third-order valence-corrected chi connectivity index (χ3v) is 5.27. The van der Waals surface area contributed by atoms with E-state index in [-0.39, 0.29) is 30.8 Å². The maximum Gasteiger partial charge on any atom is 0.259 e. The van der Waals surface area contributed by atoms with Gasteiger partial charge in [-0.05, 0) is 26.3 Å². The summed E-state index contributed by atoms with van der Waals surface area (Å²) in [6.07, 6.45) is 16.3. The second kappa shape index (κ2) is 18.2. The molecule has 0 atom stereocenters. The van der Waals surface area contributed by atoms with Crippen molar-refractivity contribution in [2.75, 3.05) is 19.6 Å². The van der Waals surface area contributed by atoms with Gasteiger partial charge >= 0.3 is 0 Å². The Morgan fingerprint density at radius 1 is 0.967 bits per heavy atom. The maximum atomic E-state index is 12.4. The molecule has 0 aliphatic carbocycles. The first kappa shape index (κ1) is 28.4. The molecule has 0 spiro atoms. The fourth-order valence-electron chi connectivity index (χ4n) is 3.45. The van der Waals surface area contributed by atoms with Crippen molar-refractivity contribution in [2.45, 2.75) is 91.5 Å². The van der Waals surface area contributed by atoms with Crippen LogP contribution in [0.15, 0.2) is 29.5 Å². The highest BCUT2D eigenvalue weighted by Crippen LogP contribution is 2.10. The molecule has 0 aliphatic rings. The average molecular weight is 440 g/mol. The summed E-state index contributed by atoms with van der Waals surface area (Å²) < 4.78 is 1.75. The molecule has 0 saturated carbocycles. The van der Waals surface area contributed by atoms with E-state index >= 15 is 0 Å². The number of hydrogen-bond acceptors (Lipinski definition) is 3. The minimum atomic E-state index is -0.127. The topological polar surface area (TPSA) is 59.6 Å². The number of carbonyl (C=O) groups is 1. The third-order valence-electron chi connectivity index (χ3n) is 5.27. The Bertz CT molecular complexity index is 604. The predicted octanol–water partition coefficient (Wildman–Crippen LogP) is 4.56. The third kappa shape index (κ3) is 12.2. The molecule has 0 N–H and O–H groups in total.